The number of hydrogen-bond donors (Lipinski definition) is 0. The van der Waals surface area contributed by atoms with Crippen LogP contribution in [0.2, 0.25) is 0 Å². The van der Waals surface area contributed by atoms with Crippen LogP contribution in [-0.4, -0.2) is 5.78 Å². The van der Waals surface area contributed by atoms with Gasteiger partial charge in [0, 0.05) is 6.42 Å². The molecule has 2 aromatic carbocycles. The van der Waals surface area contributed by atoms with Crippen molar-refractivity contribution in [2.75, 3.05) is 0 Å². The second kappa shape index (κ2) is 6.53. The number of benzene rings is 2. The Balaban J connectivity index is 2.34. The van der Waals surface area contributed by atoms with E-state index in [4.69, 9.17) is 0 Å². The monoisotopic (exact) mass is 278 g/mol. The summed E-state index contributed by atoms with van der Waals surface area (Å²) in [5.41, 5.74) is 7.05. The Kier molecular flexibility index (Phi) is 4.74. The molecular formula is C20H22O. The molecule has 0 N–H and O–H groups in total. The van der Waals surface area contributed by atoms with Gasteiger partial charge in [0.1, 0.15) is 5.78 Å². The maximum atomic E-state index is 11.2. The molecule has 1 heteroatoms. The lowest BCUT2D eigenvalue weighted by molar-refractivity contribution is -0.116. The van der Waals surface area contributed by atoms with Crippen LogP contribution in [0.15, 0.2) is 49.0 Å². The van der Waals surface area contributed by atoms with Gasteiger partial charge in [-0.3, -0.25) is 0 Å². The van der Waals surface area contributed by atoms with Gasteiger partial charge in [-0.1, -0.05) is 49.0 Å². The van der Waals surface area contributed by atoms with Gasteiger partial charge in [0.2, 0.25) is 0 Å². The fourth-order valence-electron chi connectivity index (χ4n) is 2.53. The molecule has 21 heavy (non-hydrogen) atoms. The van der Waals surface area contributed by atoms with Gasteiger partial charge in [0.15, 0.2) is 0 Å². The fraction of sp³-hybridized carbons (Fsp3) is 0.250. The number of carbonyl (C=O) groups is 1. The van der Waals surface area contributed by atoms with Crippen LogP contribution in [0.3, 0.4) is 0 Å². The summed E-state index contributed by atoms with van der Waals surface area (Å²) in [4.78, 5) is 11.2. The van der Waals surface area contributed by atoms with Crippen LogP contribution in [0.4, 0.5) is 0 Å². The van der Waals surface area contributed by atoms with Gasteiger partial charge in [-0.25, -0.2) is 0 Å². The zero-order valence-electron chi connectivity index (χ0n) is 13.1. The molecule has 2 rings (SSSR count). The summed E-state index contributed by atoms with van der Waals surface area (Å²) in [6.07, 6.45) is 1.39. The predicted molar refractivity (Wildman–Crippen MR) is 89.5 cm³/mol. The quantitative estimate of drug-likeness (QED) is 0.761. The summed E-state index contributed by atoms with van der Waals surface area (Å²) in [6.45, 7) is 10.1. The van der Waals surface area contributed by atoms with E-state index in [-0.39, 0.29) is 5.78 Å². The van der Waals surface area contributed by atoms with Crippen molar-refractivity contribution in [2.24, 2.45) is 0 Å². The lowest BCUT2D eigenvalue weighted by Crippen LogP contribution is -1.98. The molecule has 1 nitrogen and oxygen atoms in total. The maximum absolute atomic E-state index is 11.2. The molecule has 0 aliphatic carbocycles. The fourth-order valence-corrected chi connectivity index (χ4v) is 2.53. The zero-order chi connectivity index (χ0) is 15.4. The number of rotatable bonds is 5. The van der Waals surface area contributed by atoms with E-state index in [2.05, 4.69) is 50.8 Å². The van der Waals surface area contributed by atoms with E-state index in [0.29, 0.717) is 6.42 Å². The lowest BCUT2D eigenvalue weighted by Gasteiger charge is -2.14. The standard InChI is InChI=1S/C20H22O/c1-14-7-5-6-8-19(14)17(4)20-13-18(11-9-15(20)2)12-10-16(3)21/h5-9,11,13H,4,10,12H2,1-3H3. The second-order valence-electron chi connectivity index (χ2n) is 5.64. The van der Waals surface area contributed by atoms with Crippen molar-refractivity contribution in [1.29, 1.82) is 0 Å². The first-order valence-electron chi connectivity index (χ1n) is 7.33. The summed E-state index contributed by atoms with van der Waals surface area (Å²) < 4.78 is 0. The van der Waals surface area contributed by atoms with Gasteiger partial charge in [-0.15, -0.1) is 0 Å². The Hall–Kier alpha value is -2.15. The van der Waals surface area contributed by atoms with E-state index in [1.54, 1.807) is 6.92 Å². The molecular weight excluding hydrogens is 256 g/mol. The molecule has 0 bridgehead atoms. The lowest BCUT2D eigenvalue weighted by atomic mass is 9.91. The van der Waals surface area contributed by atoms with Crippen LogP contribution in [0.5, 0.6) is 0 Å². The van der Waals surface area contributed by atoms with Crippen molar-refractivity contribution < 1.29 is 4.79 Å². The highest BCUT2D eigenvalue weighted by atomic mass is 16.1. The number of hydrogen-bond acceptors (Lipinski definition) is 1. The van der Waals surface area contributed by atoms with E-state index in [1.165, 1.54) is 27.8 Å². The van der Waals surface area contributed by atoms with Gasteiger partial charge in [-0.2, -0.15) is 0 Å². The minimum Gasteiger partial charge on any atom is -0.300 e. The summed E-state index contributed by atoms with van der Waals surface area (Å²) >= 11 is 0. The molecule has 0 aliphatic rings. The van der Waals surface area contributed by atoms with Crippen LogP contribution in [-0.2, 0) is 11.2 Å². The van der Waals surface area contributed by atoms with Crippen molar-refractivity contribution in [2.45, 2.75) is 33.6 Å². The molecule has 0 atom stereocenters. The van der Waals surface area contributed by atoms with Gasteiger partial charge in [-0.05, 0) is 60.6 Å². The molecule has 2 aromatic rings. The van der Waals surface area contributed by atoms with E-state index < -0.39 is 0 Å². The molecule has 0 radical (unpaired) electrons. The predicted octanol–water partition coefficient (Wildman–Crippen LogP) is 4.89. The summed E-state index contributed by atoms with van der Waals surface area (Å²) in [5, 5.41) is 0. The highest BCUT2D eigenvalue weighted by Gasteiger charge is 2.09. The first kappa shape index (κ1) is 15.2. The SMILES string of the molecule is C=C(c1ccccc1C)c1cc(CCC(C)=O)ccc1C. The average molecular weight is 278 g/mol. The van der Waals surface area contributed by atoms with Gasteiger partial charge in [0.05, 0.1) is 0 Å². The molecule has 0 fully saturated rings. The molecule has 0 saturated heterocycles. The molecule has 108 valence electrons. The third-order valence-corrected chi connectivity index (χ3v) is 3.86. The first-order chi connectivity index (χ1) is 9.99. The molecule has 0 saturated carbocycles. The normalized spacial score (nSPS) is 10.4. The van der Waals surface area contributed by atoms with E-state index >= 15 is 0 Å². The summed E-state index contributed by atoms with van der Waals surface area (Å²) in [7, 11) is 0. The van der Waals surface area contributed by atoms with E-state index in [9.17, 15) is 4.79 Å². The van der Waals surface area contributed by atoms with Gasteiger partial charge < -0.3 is 4.79 Å². The van der Waals surface area contributed by atoms with Gasteiger partial charge >= 0.3 is 0 Å². The number of ketones is 1. The van der Waals surface area contributed by atoms with Crippen LogP contribution in [0.1, 0.15) is 41.2 Å². The second-order valence-corrected chi connectivity index (χ2v) is 5.64. The minimum absolute atomic E-state index is 0.231. The number of aryl methyl sites for hydroxylation is 3. The van der Waals surface area contributed by atoms with Crippen LogP contribution in [0, 0.1) is 13.8 Å². The third kappa shape index (κ3) is 3.69. The largest absolute Gasteiger partial charge is 0.300 e. The van der Waals surface area contributed by atoms with Crippen LogP contribution in [0.25, 0.3) is 5.57 Å². The average Bonchev–Trinajstić information content (AvgIpc) is 2.46. The van der Waals surface area contributed by atoms with Crippen LogP contribution >= 0.6 is 0 Å². The highest BCUT2D eigenvalue weighted by molar-refractivity contribution is 5.81. The van der Waals surface area contributed by atoms with Crippen molar-refractivity contribution in [3.8, 4) is 0 Å². The van der Waals surface area contributed by atoms with Crippen molar-refractivity contribution in [3.05, 3.63) is 76.9 Å². The molecule has 0 unspecified atom stereocenters. The molecule has 0 spiro atoms. The Morgan fingerprint density at radius 1 is 1.00 bits per heavy atom. The molecule has 0 heterocycles. The van der Waals surface area contributed by atoms with Crippen molar-refractivity contribution >= 4 is 11.4 Å². The molecule has 0 aliphatic heterocycles. The Morgan fingerprint density at radius 2 is 1.67 bits per heavy atom. The first-order valence-corrected chi connectivity index (χ1v) is 7.33. The smallest absolute Gasteiger partial charge is 0.130 e. The Labute approximate surface area is 127 Å². The van der Waals surface area contributed by atoms with E-state index in [0.717, 1.165) is 12.0 Å². The topological polar surface area (TPSA) is 17.1 Å². The minimum atomic E-state index is 0.231. The van der Waals surface area contributed by atoms with Crippen molar-refractivity contribution in [3.63, 3.8) is 0 Å². The highest BCUT2D eigenvalue weighted by Crippen LogP contribution is 2.27. The van der Waals surface area contributed by atoms with Gasteiger partial charge in [0.25, 0.3) is 0 Å². The third-order valence-electron chi connectivity index (χ3n) is 3.86. The van der Waals surface area contributed by atoms with Crippen LogP contribution < -0.4 is 0 Å². The zero-order valence-corrected chi connectivity index (χ0v) is 13.1. The summed E-state index contributed by atoms with van der Waals surface area (Å²) in [5.74, 6) is 0.231. The number of Topliss-reactive ketones (excluding diaryl/α,β-unsaturated/α-hetero) is 1. The molecule has 0 aromatic heterocycles. The number of carbonyl (C=O) groups excluding carboxylic acids is 1. The maximum Gasteiger partial charge on any atom is 0.130 e. The Morgan fingerprint density at radius 3 is 2.33 bits per heavy atom. The van der Waals surface area contributed by atoms with E-state index in [1.807, 2.05) is 12.1 Å². The Bertz CT molecular complexity index is 680. The molecule has 0 amide bonds. The van der Waals surface area contributed by atoms with Crippen molar-refractivity contribution in [1.82, 2.24) is 0 Å². The summed E-state index contributed by atoms with van der Waals surface area (Å²) in [6, 6.07) is 14.7.